The van der Waals surface area contributed by atoms with Crippen LogP contribution < -0.4 is 0 Å². The van der Waals surface area contributed by atoms with E-state index in [1.54, 1.807) is 0 Å². The van der Waals surface area contributed by atoms with Gasteiger partial charge in [0.1, 0.15) is 0 Å². The Kier molecular flexibility index (Phi) is 5.01. The van der Waals surface area contributed by atoms with Gasteiger partial charge in [-0.25, -0.2) is 9.48 Å². The van der Waals surface area contributed by atoms with Crippen molar-refractivity contribution in [2.75, 3.05) is 6.61 Å². The number of aromatic nitrogens is 3. The van der Waals surface area contributed by atoms with Crippen molar-refractivity contribution in [3.63, 3.8) is 0 Å². The Labute approximate surface area is 127 Å². The van der Waals surface area contributed by atoms with E-state index in [-0.39, 0.29) is 11.9 Å². The van der Waals surface area contributed by atoms with E-state index in [1.165, 1.54) is 6.42 Å². The summed E-state index contributed by atoms with van der Waals surface area (Å²) in [6.07, 6.45) is 3.48. The van der Waals surface area contributed by atoms with E-state index in [1.807, 2.05) is 11.6 Å². The lowest BCUT2D eigenvalue weighted by Gasteiger charge is -2.32. The molecule has 118 valence electrons. The Bertz CT molecular complexity index is 486. The number of rotatable bonds is 4. The molecular weight excluding hydrogens is 266 g/mol. The van der Waals surface area contributed by atoms with Gasteiger partial charge in [0.25, 0.3) is 0 Å². The summed E-state index contributed by atoms with van der Waals surface area (Å²) < 4.78 is 7.10. The number of carbonyl (C=O) groups is 1. The molecule has 1 fully saturated rings. The lowest BCUT2D eigenvalue weighted by atomic mass is 9.80. The molecule has 1 aromatic heterocycles. The highest BCUT2D eigenvalue weighted by molar-refractivity contribution is 5.88. The summed E-state index contributed by atoms with van der Waals surface area (Å²) in [7, 11) is 0. The van der Waals surface area contributed by atoms with Gasteiger partial charge in [-0.15, -0.1) is 5.10 Å². The summed E-state index contributed by atoms with van der Waals surface area (Å²) in [6.45, 7) is 10.9. The maximum absolute atomic E-state index is 12.1. The average molecular weight is 293 g/mol. The van der Waals surface area contributed by atoms with Crippen LogP contribution in [0.5, 0.6) is 0 Å². The first kappa shape index (κ1) is 16.0. The maximum Gasteiger partial charge on any atom is 0.360 e. The van der Waals surface area contributed by atoms with Gasteiger partial charge >= 0.3 is 5.97 Å². The second kappa shape index (κ2) is 6.58. The number of hydrogen-bond acceptors (Lipinski definition) is 4. The van der Waals surface area contributed by atoms with E-state index in [4.69, 9.17) is 4.74 Å². The van der Waals surface area contributed by atoms with Gasteiger partial charge in [-0.3, -0.25) is 0 Å². The third-order valence-corrected chi connectivity index (χ3v) is 4.25. The zero-order valence-electron chi connectivity index (χ0n) is 13.8. The fourth-order valence-corrected chi connectivity index (χ4v) is 3.56. The van der Waals surface area contributed by atoms with Crippen molar-refractivity contribution in [2.45, 2.75) is 65.8 Å². The molecule has 2 unspecified atom stereocenters. The summed E-state index contributed by atoms with van der Waals surface area (Å²) >= 11 is 0. The van der Waals surface area contributed by atoms with E-state index >= 15 is 0 Å². The molecule has 0 bridgehead atoms. The first-order valence-corrected chi connectivity index (χ1v) is 8.06. The van der Waals surface area contributed by atoms with Crippen molar-refractivity contribution in [3.8, 4) is 0 Å². The molecule has 0 radical (unpaired) electrons. The van der Waals surface area contributed by atoms with Crippen LogP contribution in [0.1, 0.15) is 82.0 Å². The third-order valence-electron chi connectivity index (χ3n) is 4.25. The standard InChI is InChI=1S/C16H27N3O2/c1-6-21-16(20)14-15(10(2)3)19(18-17-14)13-8-11(4)7-12(5)9-13/h10-13H,6-9H2,1-5H3. The number of hydrogen-bond donors (Lipinski definition) is 0. The van der Waals surface area contributed by atoms with E-state index in [9.17, 15) is 4.79 Å². The molecule has 1 aromatic rings. The van der Waals surface area contributed by atoms with Gasteiger partial charge in [0.2, 0.25) is 0 Å². The molecule has 0 amide bonds. The van der Waals surface area contributed by atoms with Crippen LogP contribution in [0, 0.1) is 11.8 Å². The number of carbonyl (C=O) groups excluding carboxylic acids is 1. The van der Waals surface area contributed by atoms with Crippen LogP contribution in [0.4, 0.5) is 0 Å². The van der Waals surface area contributed by atoms with Gasteiger partial charge in [-0.2, -0.15) is 0 Å². The molecule has 0 aromatic carbocycles. The Morgan fingerprint density at radius 2 is 1.90 bits per heavy atom. The molecule has 1 aliphatic carbocycles. The molecule has 5 heteroatoms. The predicted molar refractivity (Wildman–Crippen MR) is 81.3 cm³/mol. The lowest BCUT2D eigenvalue weighted by Crippen LogP contribution is -2.25. The molecule has 0 N–H and O–H groups in total. The minimum Gasteiger partial charge on any atom is -0.461 e. The Hall–Kier alpha value is -1.39. The topological polar surface area (TPSA) is 57.0 Å². The molecular formula is C16H27N3O2. The smallest absolute Gasteiger partial charge is 0.360 e. The van der Waals surface area contributed by atoms with Crippen molar-refractivity contribution in [2.24, 2.45) is 11.8 Å². The van der Waals surface area contributed by atoms with Crippen LogP contribution in [0.2, 0.25) is 0 Å². The van der Waals surface area contributed by atoms with E-state index in [0.717, 1.165) is 18.5 Å². The minimum atomic E-state index is -0.357. The summed E-state index contributed by atoms with van der Waals surface area (Å²) in [4.78, 5) is 12.1. The fourth-order valence-electron chi connectivity index (χ4n) is 3.56. The fraction of sp³-hybridized carbons (Fsp3) is 0.812. The van der Waals surface area contributed by atoms with E-state index in [2.05, 4.69) is 38.0 Å². The van der Waals surface area contributed by atoms with Gasteiger partial charge in [-0.1, -0.05) is 32.9 Å². The van der Waals surface area contributed by atoms with Crippen LogP contribution >= 0.6 is 0 Å². The minimum absolute atomic E-state index is 0.201. The molecule has 21 heavy (non-hydrogen) atoms. The van der Waals surface area contributed by atoms with Gasteiger partial charge in [-0.05, 0) is 43.9 Å². The number of esters is 1. The monoisotopic (exact) mass is 293 g/mol. The number of nitrogens with zero attached hydrogens (tertiary/aromatic N) is 3. The van der Waals surface area contributed by atoms with Crippen LogP contribution in [0.15, 0.2) is 0 Å². The van der Waals surface area contributed by atoms with Gasteiger partial charge in [0.05, 0.1) is 18.3 Å². The number of ether oxygens (including phenoxy) is 1. The molecule has 1 aliphatic rings. The SMILES string of the molecule is CCOC(=O)c1nnn(C2CC(C)CC(C)C2)c1C(C)C. The highest BCUT2D eigenvalue weighted by Crippen LogP contribution is 2.37. The summed E-state index contributed by atoms with van der Waals surface area (Å²) in [5, 5.41) is 8.42. The Balaban J connectivity index is 2.33. The van der Waals surface area contributed by atoms with Crippen molar-refractivity contribution in [1.82, 2.24) is 15.0 Å². The van der Waals surface area contributed by atoms with E-state index in [0.29, 0.717) is 30.2 Å². The molecule has 1 heterocycles. The molecule has 5 nitrogen and oxygen atoms in total. The highest BCUT2D eigenvalue weighted by Gasteiger charge is 2.31. The van der Waals surface area contributed by atoms with Crippen molar-refractivity contribution >= 4 is 5.97 Å². The largest absolute Gasteiger partial charge is 0.461 e. The molecule has 0 spiro atoms. The van der Waals surface area contributed by atoms with Crippen LogP contribution in [0.3, 0.4) is 0 Å². The van der Waals surface area contributed by atoms with Crippen LogP contribution in [-0.2, 0) is 4.74 Å². The van der Waals surface area contributed by atoms with E-state index < -0.39 is 0 Å². The lowest BCUT2D eigenvalue weighted by molar-refractivity contribution is 0.0517. The molecule has 0 saturated heterocycles. The summed E-state index contributed by atoms with van der Waals surface area (Å²) in [6, 6.07) is 0.344. The molecule has 2 atom stereocenters. The quantitative estimate of drug-likeness (QED) is 0.796. The normalized spacial score (nSPS) is 26.1. The maximum atomic E-state index is 12.1. The van der Waals surface area contributed by atoms with Gasteiger partial charge < -0.3 is 4.74 Å². The van der Waals surface area contributed by atoms with Gasteiger partial charge in [0, 0.05) is 0 Å². The first-order valence-electron chi connectivity index (χ1n) is 8.06. The highest BCUT2D eigenvalue weighted by atomic mass is 16.5. The Morgan fingerprint density at radius 1 is 1.29 bits per heavy atom. The second-order valence-corrected chi connectivity index (χ2v) is 6.71. The molecule has 0 aliphatic heterocycles. The average Bonchev–Trinajstić information content (AvgIpc) is 2.82. The van der Waals surface area contributed by atoms with Gasteiger partial charge in [0.15, 0.2) is 5.69 Å². The molecule has 2 rings (SSSR count). The van der Waals surface area contributed by atoms with Crippen molar-refractivity contribution in [3.05, 3.63) is 11.4 Å². The third kappa shape index (κ3) is 3.44. The van der Waals surface area contributed by atoms with Crippen LogP contribution in [0.25, 0.3) is 0 Å². The summed E-state index contributed by atoms with van der Waals surface area (Å²) in [5.41, 5.74) is 1.30. The zero-order valence-corrected chi connectivity index (χ0v) is 13.8. The first-order chi connectivity index (χ1) is 9.93. The zero-order chi connectivity index (χ0) is 15.6. The molecule has 1 saturated carbocycles. The van der Waals surface area contributed by atoms with Crippen molar-refractivity contribution in [1.29, 1.82) is 0 Å². The second-order valence-electron chi connectivity index (χ2n) is 6.71. The van der Waals surface area contributed by atoms with Crippen molar-refractivity contribution < 1.29 is 9.53 Å². The summed E-state index contributed by atoms with van der Waals surface area (Å²) in [5.74, 6) is 1.22. The Morgan fingerprint density at radius 3 is 2.43 bits per heavy atom. The van der Waals surface area contributed by atoms with Crippen LogP contribution in [-0.4, -0.2) is 27.6 Å². The predicted octanol–water partition coefficient (Wildman–Crippen LogP) is 3.58.